The minimum absolute atomic E-state index is 0.249. The fourth-order valence-corrected chi connectivity index (χ4v) is 1.85. The van der Waals surface area contributed by atoms with Gasteiger partial charge in [-0.15, -0.1) is 0 Å². The van der Waals surface area contributed by atoms with Gasteiger partial charge in [0.15, 0.2) is 11.5 Å². The molecule has 0 atom stereocenters. The molecule has 2 rings (SSSR count). The monoisotopic (exact) mass is 316 g/mol. The second-order valence-corrected chi connectivity index (χ2v) is 4.77. The summed E-state index contributed by atoms with van der Waals surface area (Å²) in [6.07, 6.45) is 3.61. The lowest BCUT2D eigenvalue weighted by molar-refractivity contribution is -0.129. The average molecular weight is 317 g/mol. The number of esters is 1. The van der Waals surface area contributed by atoms with E-state index in [1.54, 1.807) is 36.4 Å². The molecule has 0 aliphatic heterocycles. The van der Waals surface area contributed by atoms with E-state index in [0.29, 0.717) is 22.6 Å². The van der Waals surface area contributed by atoms with Gasteiger partial charge in [-0.05, 0) is 42.0 Å². The Morgan fingerprint density at radius 1 is 1.05 bits per heavy atom. The Labute approximate surface area is 132 Å². The van der Waals surface area contributed by atoms with E-state index < -0.39 is 5.97 Å². The van der Waals surface area contributed by atoms with E-state index in [1.807, 2.05) is 0 Å². The van der Waals surface area contributed by atoms with E-state index >= 15 is 0 Å². The maximum atomic E-state index is 11.8. The highest BCUT2D eigenvalue weighted by Crippen LogP contribution is 2.27. The topological polar surface area (TPSA) is 52.6 Å². The van der Waals surface area contributed by atoms with Gasteiger partial charge in [0.05, 0.1) is 7.11 Å². The van der Waals surface area contributed by atoms with Gasteiger partial charge in [0.2, 0.25) is 0 Å². The number of halogens is 1. The lowest BCUT2D eigenvalue weighted by Gasteiger charge is -2.08. The molecule has 0 bridgehead atoms. The molecule has 0 heterocycles. The van der Waals surface area contributed by atoms with Crippen molar-refractivity contribution in [3.63, 3.8) is 0 Å². The summed E-state index contributed by atoms with van der Waals surface area (Å²) in [4.78, 5) is 22.5. The van der Waals surface area contributed by atoms with Gasteiger partial charge >= 0.3 is 5.97 Å². The molecule has 0 saturated carbocycles. The SMILES string of the molecule is COc1cc(C=O)ccc1OC(=O)/C=C/c1ccc(Cl)cc1. The summed E-state index contributed by atoms with van der Waals surface area (Å²) in [7, 11) is 1.44. The van der Waals surface area contributed by atoms with Crippen LogP contribution in [-0.2, 0) is 4.79 Å². The van der Waals surface area contributed by atoms with Crippen molar-refractivity contribution in [3.8, 4) is 11.5 Å². The third-order valence-corrected chi connectivity index (χ3v) is 3.07. The molecule has 0 N–H and O–H groups in total. The third kappa shape index (κ3) is 4.20. The molecule has 0 saturated heterocycles. The predicted octanol–water partition coefficient (Wildman–Crippen LogP) is 3.78. The number of carbonyl (C=O) groups is 2. The van der Waals surface area contributed by atoms with Gasteiger partial charge < -0.3 is 9.47 Å². The summed E-state index contributed by atoms with van der Waals surface area (Å²) in [6.45, 7) is 0. The summed E-state index contributed by atoms with van der Waals surface area (Å²) in [5.74, 6) is 0.0174. The van der Waals surface area contributed by atoms with E-state index in [4.69, 9.17) is 21.1 Å². The number of aldehydes is 1. The molecule has 2 aromatic rings. The fourth-order valence-electron chi connectivity index (χ4n) is 1.72. The lowest BCUT2D eigenvalue weighted by atomic mass is 10.2. The minimum atomic E-state index is -0.549. The van der Waals surface area contributed by atoms with E-state index in [-0.39, 0.29) is 5.75 Å². The zero-order chi connectivity index (χ0) is 15.9. The Balaban J connectivity index is 2.08. The number of ether oxygens (including phenoxy) is 2. The van der Waals surface area contributed by atoms with E-state index in [1.165, 1.54) is 25.3 Å². The molecule has 2 aromatic carbocycles. The van der Waals surface area contributed by atoms with Gasteiger partial charge in [-0.1, -0.05) is 23.7 Å². The molecule has 0 unspecified atom stereocenters. The minimum Gasteiger partial charge on any atom is -0.493 e. The Kier molecular flexibility index (Phi) is 5.33. The molecule has 0 aliphatic carbocycles. The van der Waals surface area contributed by atoms with Crippen molar-refractivity contribution in [3.05, 3.63) is 64.7 Å². The van der Waals surface area contributed by atoms with Gasteiger partial charge in [0, 0.05) is 16.7 Å². The first kappa shape index (κ1) is 15.8. The lowest BCUT2D eigenvalue weighted by Crippen LogP contribution is -2.05. The van der Waals surface area contributed by atoms with Crippen molar-refractivity contribution < 1.29 is 19.1 Å². The zero-order valence-electron chi connectivity index (χ0n) is 11.8. The van der Waals surface area contributed by atoms with Gasteiger partial charge in [-0.2, -0.15) is 0 Å². The highest BCUT2D eigenvalue weighted by molar-refractivity contribution is 6.30. The molecule has 0 amide bonds. The van der Waals surface area contributed by atoms with E-state index in [0.717, 1.165) is 5.56 Å². The molecule has 0 radical (unpaired) electrons. The zero-order valence-corrected chi connectivity index (χ0v) is 12.5. The molecule has 0 aromatic heterocycles. The van der Waals surface area contributed by atoms with Crippen molar-refractivity contribution in [2.75, 3.05) is 7.11 Å². The molecule has 4 nitrogen and oxygen atoms in total. The van der Waals surface area contributed by atoms with Crippen LogP contribution in [0.1, 0.15) is 15.9 Å². The summed E-state index contributed by atoms with van der Waals surface area (Å²) < 4.78 is 10.3. The van der Waals surface area contributed by atoms with Gasteiger partial charge in [0.1, 0.15) is 6.29 Å². The summed E-state index contributed by atoms with van der Waals surface area (Å²) >= 11 is 5.79. The van der Waals surface area contributed by atoms with Crippen LogP contribution in [0.15, 0.2) is 48.5 Å². The van der Waals surface area contributed by atoms with Crippen molar-refractivity contribution >= 4 is 29.9 Å². The second-order valence-electron chi connectivity index (χ2n) is 4.33. The van der Waals surface area contributed by atoms with Crippen LogP contribution in [0.5, 0.6) is 11.5 Å². The van der Waals surface area contributed by atoms with Crippen molar-refractivity contribution in [1.82, 2.24) is 0 Å². The predicted molar refractivity (Wildman–Crippen MR) is 84.5 cm³/mol. The van der Waals surface area contributed by atoms with Crippen LogP contribution in [-0.4, -0.2) is 19.4 Å². The van der Waals surface area contributed by atoms with Crippen molar-refractivity contribution in [2.45, 2.75) is 0 Å². The number of hydrogen-bond donors (Lipinski definition) is 0. The van der Waals surface area contributed by atoms with Crippen molar-refractivity contribution in [1.29, 1.82) is 0 Å². The Bertz CT molecular complexity index is 705. The van der Waals surface area contributed by atoms with Crippen LogP contribution in [0, 0.1) is 0 Å². The number of rotatable bonds is 5. The molecular formula is C17H13ClO4. The first-order chi connectivity index (χ1) is 10.6. The number of benzene rings is 2. The van der Waals surface area contributed by atoms with Crippen LogP contribution in [0.3, 0.4) is 0 Å². The summed E-state index contributed by atoms with van der Waals surface area (Å²) in [5.41, 5.74) is 1.26. The highest BCUT2D eigenvalue weighted by Gasteiger charge is 2.08. The summed E-state index contributed by atoms with van der Waals surface area (Å²) in [5, 5.41) is 0.625. The Morgan fingerprint density at radius 2 is 1.73 bits per heavy atom. The number of methoxy groups -OCH3 is 1. The molecule has 0 fully saturated rings. The first-order valence-electron chi connectivity index (χ1n) is 6.41. The number of hydrogen-bond acceptors (Lipinski definition) is 4. The van der Waals surface area contributed by atoms with Crippen LogP contribution >= 0.6 is 11.6 Å². The smallest absolute Gasteiger partial charge is 0.336 e. The molecular weight excluding hydrogens is 304 g/mol. The standard InChI is InChI=1S/C17H13ClO4/c1-21-16-10-13(11-19)4-8-15(16)22-17(20)9-5-12-2-6-14(18)7-3-12/h2-11H,1H3/b9-5+. The van der Waals surface area contributed by atoms with Crippen LogP contribution in [0.25, 0.3) is 6.08 Å². The molecule has 0 spiro atoms. The summed E-state index contributed by atoms with van der Waals surface area (Å²) in [6, 6.07) is 11.6. The van der Waals surface area contributed by atoms with Gasteiger partial charge in [0.25, 0.3) is 0 Å². The Morgan fingerprint density at radius 3 is 2.36 bits per heavy atom. The largest absolute Gasteiger partial charge is 0.493 e. The first-order valence-corrected chi connectivity index (χ1v) is 6.79. The molecule has 0 aliphatic rings. The number of carbonyl (C=O) groups excluding carboxylic acids is 2. The maximum absolute atomic E-state index is 11.8. The maximum Gasteiger partial charge on any atom is 0.336 e. The third-order valence-electron chi connectivity index (χ3n) is 2.82. The average Bonchev–Trinajstić information content (AvgIpc) is 2.54. The van der Waals surface area contributed by atoms with E-state index in [9.17, 15) is 9.59 Å². The molecule has 22 heavy (non-hydrogen) atoms. The normalized spacial score (nSPS) is 10.5. The van der Waals surface area contributed by atoms with Crippen LogP contribution < -0.4 is 9.47 Å². The van der Waals surface area contributed by atoms with Crippen LogP contribution in [0.2, 0.25) is 5.02 Å². The fraction of sp³-hybridized carbons (Fsp3) is 0.0588. The molecule has 112 valence electrons. The quantitative estimate of drug-likeness (QED) is 0.364. The molecule has 5 heteroatoms. The second kappa shape index (κ2) is 7.43. The Hall–Kier alpha value is -2.59. The van der Waals surface area contributed by atoms with Crippen molar-refractivity contribution in [2.24, 2.45) is 0 Å². The van der Waals surface area contributed by atoms with Crippen LogP contribution in [0.4, 0.5) is 0 Å². The van der Waals surface area contributed by atoms with Gasteiger partial charge in [-0.3, -0.25) is 4.79 Å². The highest BCUT2D eigenvalue weighted by atomic mass is 35.5. The van der Waals surface area contributed by atoms with Gasteiger partial charge in [-0.25, -0.2) is 4.79 Å². The van der Waals surface area contributed by atoms with E-state index in [2.05, 4.69) is 0 Å².